The first-order valence-electron chi connectivity index (χ1n) is 7.89. The van der Waals surface area contributed by atoms with Crippen LogP contribution in [-0.4, -0.2) is 49.6 Å². The third-order valence-electron chi connectivity index (χ3n) is 3.31. The second kappa shape index (κ2) is 10.3. The van der Waals surface area contributed by atoms with E-state index in [4.69, 9.17) is 20.7 Å². The summed E-state index contributed by atoms with van der Waals surface area (Å²) in [5.41, 5.74) is 8.92. The van der Waals surface area contributed by atoms with Crippen LogP contribution in [0.1, 0.15) is 15.9 Å². The number of aliphatic hydroxyl groups excluding tert-OH is 2. The molecule has 1 atom stereocenters. The molecule has 0 aromatic heterocycles. The van der Waals surface area contributed by atoms with E-state index < -0.39 is 18.7 Å². The van der Waals surface area contributed by atoms with Crippen LogP contribution in [0.15, 0.2) is 48.5 Å². The molecule has 2 aromatic rings. The second-order valence-electron chi connectivity index (χ2n) is 5.79. The minimum Gasteiger partial charge on any atom is -0.459 e. The molecule has 2 rings (SSSR count). The van der Waals surface area contributed by atoms with Gasteiger partial charge in [0.05, 0.1) is 12.2 Å². The Balaban J connectivity index is 0.000000271. The average Bonchev–Trinajstić information content (AvgIpc) is 2.61. The van der Waals surface area contributed by atoms with E-state index in [0.717, 1.165) is 0 Å². The molecule has 0 heterocycles. The van der Waals surface area contributed by atoms with Gasteiger partial charge < -0.3 is 25.6 Å². The fraction of sp³-hybridized carbons (Fsp3) is 0.316. The normalized spacial score (nSPS) is 11.1. The van der Waals surface area contributed by atoms with E-state index in [1.54, 1.807) is 12.1 Å². The van der Waals surface area contributed by atoms with Crippen molar-refractivity contribution in [1.82, 2.24) is 0 Å². The Kier molecular flexibility index (Phi) is 8.46. The van der Waals surface area contributed by atoms with Crippen LogP contribution in [0.3, 0.4) is 0 Å². The highest BCUT2D eigenvalue weighted by Gasteiger charge is 2.09. The van der Waals surface area contributed by atoms with E-state index in [1.807, 2.05) is 14.1 Å². The van der Waals surface area contributed by atoms with E-state index >= 15 is 0 Å². The topological polar surface area (TPSA) is 96.0 Å². The highest BCUT2D eigenvalue weighted by atomic mass is 16.5. The molecule has 0 aliphatic heterocycles. The lowest BCUT2D eigenvalue weighted by Crippen LogP contribution is -2.21. The van der Waals surface area contributed by atoms with E-state index in [2.05, 4.69) is 36.1 Å². The molecule has 0 saturated carbocycles. The molecule has 0 spiro atoms. The first-order valence-corrected chi connectivity index (χ1v) is 7.89. The fourth-order valence-electron chi connectivity index (χ4n) is 1.77. The number of aryl methyl sites for hydroxylation is 1. The highest BCUT2D eigenvalue weighted by molar-refractivity contribution is 5.89. The van der Waals surface area contributed by atoms with Gasteiger partial charge >= 0.3 is 5.97 Å². The number of nitrogens with two attached hydrogens (primary N) is 1. The molecule has 0 saturated heterocycles. The largest absolute Gasteiger partial charge is 0.459 e. The van der Waals surface area contributed by atoms with Gasteiger partial charge in [-0.25, -0.2) is 4.79 Å². The predicted octanol–water partition coefficient (Wildman–Crippen LogP) is 1.84. The Morgan fingerprint density at radius 3 is 2.16 bits per heavy atom. The molecular weight excluding hydrogens is 320 g/mol. The SMILES string of the molecule is Cc1ccc(N(C)C)cc1.Nc1ccc(C(=O)OCC(O)CO)cc1. The van der Waals surface area contributed by atoms with Crippen molar-refractivity contribution >= 4 is 17.3 Å². The summed E-state index contributed by atoms with van der Waals surface area (Å²) in [7, 11) is 4.09. The zero-order chi connectivity index (χ0) is 18.8. The minimum absolute atomic E-state index is 0.223. The number of aliphatic hydroxyl groups is 2. The molecule has 2 aromatic carbocycles. The zero-order valence-corrected chi connectivity index (χ0v) is 14.8. The van der Waals surface area contributed by atoms with Crippen LogP contribution in [0.4, 0.5) is 11.4 Å². The number of hydrogen-bond donors (Lipinski definition) is 3. The third-order valence-corrected chi connectivity index (χ3v) is 3.31. The number of ether oxygens (including phenoxy) is 1. The number of hydrogen-bond acceptors (Lipinski definition) is 6. The number of benzene rings is 2. The molecule has 0 amide bonds. The van der Waals surface area contributed by atoms with Crippen LogP contribution in [0.2, 0.25) is 0 Å². The summed E-state index contributed by atoms with van der Waals surface area (Å²) >= 11 is 0. The van der Waals surface area contributed by atoms with Crippen LogP contribution in [0, 0.1) is 6.92 Å². The van der Waals surface area contributed by atoms with Crippen LogP contribution in [-0.2, 0) is 4.74 Å². The second-order valence-corrected chi connectivity index (χ2v) is 5.79. The predicted molar refractivity (Wildman–Crippen MR) is 99.7 cm³/mol. The van der Waals surface area contributed by atoms with Gasteiger partial charge in [0.15, 0.2) is 0 Å². The molecule has 1 unspecified atom stereocenters. The summed E-state index contributed by atoms with van der Waals surface area (Å²) in [6, 6.07) is 14.7. The number of esters is 1. The number of carbonyl (C=O) groups is 1. The molecule has 0 radical (unpaired) electrons. The summed E-state index contributed by atoms with van der Waals surface area (Å²) in [4.78, 5) is 13.4. The van der Waals surface area contributed by atoms with Crippen molar-refractivity contribution in [3.05, 3.63) is 59.7 Å². The molecule has 0 fully saturated rings. The molecule has 0 aliphatic carbocycles. The van der Waals surface area contributed by atoms with Crippen molar-refractivity contribution in [2.45, 2.75) is 13.0 Å². The molecule has 0 bridgehead atoms. The smallest absolute Gasteiger partial charge is 0.338 e. The summed E-state index contributed by atoms with van der Waals surface area (Å²) in [5, 5.41) is 17.4. The standard InChI is InChI=1S/C10H13NO4.C9H13N/c11-8-3-1-7(2-4-8)10(14)15-6-9(13)5-12;1-8-4-6-9(7-5-8)10(2)3/h1-4,9,12-13H,5-6,11H2;4-7H,1-3H3. The van der Waals surface area contributed by atoms with Crippen molar-refractivity contribution in [2.75, 3.05) is 37.9 Å². The molecule has 6 nitrogen and oxygen atoms in total. The number of anilines is 2. The van der Waals surface area contributed by atoms with Gasteiger partial charge in [-0.2, -0.15) is 0 Å². The Hall–Kier alpha value is -2.57. The van der Waals surface area contributed by atoms with Gasteiger partial charge in [-0.15, -0.1) is 0 Å². The van der Waals surface area contributed by atoms with Gasteiger partial charge in [-0.3, -0.25) is 0 Å². The summed E-state index contributed by atoms with van der Waals surface area (Å²) in [6.07, 6.45) is -1.04. The van der Waals surface area contributed by atoms with Crippen molar-refractivity contribution in [1.29, 1.82) is 0 Å². The quantitative estimate of drug-likeness (QED) is 0.565. The Bertz CT molecular complexity index is 639. The van der Waals surface area contributed by atoms with Gasteiger partial charge in [0.25, 0.3) is 0 Å². The molecule has 25 heavy (non-hydrogen) atoms. The lowest BCUT2D eigenvalue weighted by atomic mass is 10.2. The molecule has 136 valence electrons. The number of carbonyl (C=O) groups excluding carboxylic acids is 1. The summed E-state index contributed by atoms with van der Waals surface area (Å²) in [6.45, 7) is 1.44. The van der Waals surface area contributed by atoms with Gasteiger partial charge in [0.2, 0.25) is 0 Å². The van der Waals surface area contributed by atoms with E-state index in [0.29, 0.717) is 11.3 Å². The lowest BCUT2D eigenvalue weighted by molar-refractivity contribution is 0.00933. The van der Waals surface area contributed by atoms with Gasteiger partial charge in [0.1, 0.15) is 12.7 Å². The van der Waals surface area contributed by atoms with Gasteiger partial charge in [0, 0.05) is 25.5 Å². The maximum absolute atomic E-state index is 11.3. The van der Waals surface area contributed by atoms with Crippen LogP contribution < -0.4 is 10.6 Å². The fourth-order valence-corrected chi connectivity index (χ4v) is 1.77. The van der Waals surface area contributed by atoms with Gasteiger partial charge in [-0.1, -0.05) is 17.7 Å². The minimum atomic E-state index is -1.04. The first-order chi connectivity index (χ1) is 11.8. The molecule has 4 N–H and O–H groups in total. The highest BCUT2D eigenvalue weighted by Crippen LogP contribution is 2.10. The van der Waals surface area contributed by atoms with E-state index in [9.17, 15) is 4.79 Å². The van der Waals surface area contributed by atoms with Gasteiger partial charge in [-0.05, 0) is 43.3 Å². The summed E-state index contributed by atoms with van der Waals surface area (Å²) < 4.78 is 4.73. The molecular formula is C19H26N2O4. The van der Waals surface area contributed by atoms with E-state index in [1.165, 1.54) is 23.4 Å². The Morgan fingerprint density at radius 1 is 1.12 bits per heavy atom. The maximum Gasteiger partial charge on any atom is 0.338 e. The lowest BCUT2D eigenvalue weighted by Gasteiger charge is -2.11. The Morgan fingerprint density at radius 2 is 1.68 bits per heavy atom. The van der Waals surface area contributed by atoms with Crippen LogP contribution >= 0.6 is 0 Å². The third kappa shape index (κ3) is 7.69. The average molecular weight is 346 g/mol. The van der Waals surface area contributed by atoms with Crippen molar-refractivity contribution in [3.8, 4) is 0 Å². The monoisotopic (exact) mass is 346 g/mol. The van der Waals surface area contributed by atoms with Crippen molar-refractivity contribution < 1.29 is 19.7 Å². The van der Waals surface area contributed by atoms with Crippen LogP contribution in [0.25, 0.3) is 0 Å². The van der Waals surface area contributed by atoms with Crippen molar-refractivity contribution in [2.24, 2.45) is 0 Å². The van der Waals surface area contributed by atoms with Crippen LogP contribution in [0.5, 0.6) is 0 Å². The van der Waals surface area contributed by atoms with Crippen molar-refractivity contribution in [3.63, 3.8) is 0 Å². The zero-order valence-electron chi connectivity index (χ0n) is 14.8. The van der Waals surface area contributed by atoms with E-state index in [-0.39, 0.29) is 6.61 Å². The maximum atomic E-state index is 11.3. The first kappa shape index (κ1) is 20.5. The number of nitrogens with zero attached hydrogens (tertiary/aromatic N) is 1. The number of nitrogen functional groups attached to an aromatic ring is 1. The number of rotatable bonds is 5. The Labute approximate surface area is 148 Å². The molecule has 6 heteroatoms. The molecule has 0 aliphatic rings. The summed E-state index contributed by atoms with van der Waals surface area (Å²) in [5.74, 6) is -0.553.